The third-order valence-electron chi connectivity index (χ3n) is 6.42. The molecule has 1 amide bonds. The number of hydrogen-bond donors (Lipinski definition) is 0. The molecular weight excluding hydrogens is 368 g/mol. The fraction of sp³-hybridized carbons (Fsp3) is 0.591. The minimum atomic E-state index is 0.147. The van der Waals surface area contributed by atoms with Crippen molar-refractivity contribution in [3.05, 3.63) is 46.5 Å². The first-order chi connectivity index (χ1) is 13.7. The summed E-state index contributed by atoms with van der Waals surface area (Å²) in [6.07, 6.45) is 7.54. The molecule has 28 heavy (non-hydrogen) atoms. The lowest BCUT2D eigenvalue weighted by atomic mass is 9.96. The summed E-state index contributed by atoms with van der Waals surface area (Å²) in [5.41, 5.74) is 2.15. The van der Waals surface area contributed by atoms with Crippen LogP contribution in [0.3, 0.4) is 0 Å². The molecule has 0 radical (unpaired) electrons. The highest BCUT2D eigenvalue weighted by Gasteiger charge is 2.46. The minimum Gasteiger partial charge on any atom is -0.330 e. The van der Waals surface area contributed by atoms with E-state index in [1.807, 2.05) is 6.92 Å². The highest BCUT2D eigenvalue weighted by Crippen LogP contribution is 2.36. The predicted molar refractivity (Wildman–Crippen MR) is 113 cm³/mol. The van der Waals surface area contributed by atoms with Crippen LogP contribution < -0.4 is 0 Å². The van der Waals surface area contributed by atoms with Gasteiger partial charge in [0.05, 0.1) is 5.69 Å². The number of carbonyl (C=O) groups is 1. The average molecular weight is 399 g/mol. The van der Waals surface area contributed by atoms with Crippen molar-refractivity contribution < 1.29 is 4.79 Å². The number of carbonyl (C=O) groups excluding carboxylic acids is 1. The first-order valence-electron chi connectivity index (χ1n) is 10.6. The highest BCUT2D eigenvalue weighted by molar-refractivity contribution is 7.08. The molecule has 4 rings (SSSR count). The summed E-state index contributed by atoms with van der Waals surface area (Å²) < 4.78 is 4.08. The van der Waals surface area contributed by atoms with Gasteiger partial charge in [0, 0.05) is 18.1 Å². The molecule has 2 fully saturated rings. The molecule has 2 aromatic rings. The maximum atomic E-state index is 13.7. The van der Waals surface area contributed by atoms with Crippen LogP contribution >= 0.6 is 11.5 Å². The van der Waals surface area contributed by atoms with Crippen molar-refractivity contribution in [1.82, 2.24) is 19.4 Å². The summed E-state index contributed by atoms with van der Waals surface area (Å²) in [7, 11) is 2.24. The highest BCUT2D eigenvalue weighted by atomic mass is 32.1. The molecule has 3 heterocycles. The van der Waals surface area contributed by atoms with E-state index < -0.39 is 0 Å². The van der Waals surface area contributed by atoms with Crippen LogP contribution in [-0.2, 0) is 12.8 Å². The number of aromatic nitrogens is 2. The summed E-state index contributed by atoms with van der Waals surface area (Å²) >= 11 is 1.26. The van der Waals surface area contributed by atoms with E-state index in [9.17, 15) is 4.79 Å². The Morgan fingerprint density at radius 2 is 2.00 bits per heavy atom. The summed E-state index contributed by atoms with van der Waals surface area (Å²) in [5.74, 6) is 0.147. The maximum Gasteiger partial charge on any atom is 0.268 e. The fourth-order valence-electron chi connectivity index (χ4n) is 4.97. The summed E-state index contributed by atoms with van der Waals surface area (Å²) in [6, 6.07) is 11.6. The zero-order valence-electron chi connectivity index (χ0n) is 16.9. The Bertz CT molecular complexity index is 793. The van der Waals surface area contributed by atoms with Crippen molar-refractivity contribution in [2.24, 2.45) is 0 Å². The molecule has 2 aliphatic rings. The van der Waals surface area contributed by atoms with Gasteiger partial charge in [0.2, 0.25) is 0 Å². The van der Waals surface area contributed by atoms with Gasteiger partial charge in [0.1, 0.15) is 4.88 Å². The Morgan fingerprint density at radius 1 is 1.18 bits per heavy atom. The van der Waals surface area contributed by atoms with Crippen LogP contribution in [0.4, 0.5) is 0 Å². The van der Waals surface area contributed by atoms with Crippen molar-refractivity contribution >= 4 is 17.4 Å². The Balaban J connectivity index is 1.67. The number of aryl methyl sites for hydroxylation is 1. The Labute approximate surface area is 171 Å². The van der Waals surface area contributed by atoms with Crippen LogP contribution in [0, 0.1) is 0 Å². The molecule has 6 heteroatoms. The molecule has 5 nitrogen and oxygen atoms in total. The molecule has 0 saturated carbocycles. The minimum absolute atomic E-state index is 0.147. The SMILES string of the molecule is CCc1nnsc1C(=O)N1[C@H](Cc2ccccc2)C[C@H]2[C@H]1CCCCCN2C. The van der Waals surface area contributed by atoms with Gasteiger partial charge in [-0.15, -0.1) is 5.10 Å². The molecule has 0 aliphatic carbocycles. The molecule has 1 aromatic carbocycles. The van der Waals surface area contributed by atoms with Gasteiger partial charge in [-0.05, 0) is 62.8 Å². The third kappa shape index (κ3) is 3.85. The molecular formula is C22H30N4OS. The Hall–Kier alpha value is -1.79. The number of likely N-dealkylation sites (tertiary alicyclic amines) is 2. The Kier molecular flexibility index (Phi) is 6.07. The third-order valence-corrected chi connectivity index (χ3v) is 7.17. The van der Waals surface area contributed by atoms with Crippen LogP contribution in [0.25, 0.3) is 0 Å². The fourth-order valence-corrected chi connectivity index (χ4v) is 5.67. The van der Waals surface area contributed by atoms with E-state index in [0.717, 1.165) is 42.8 Å². The number of rotatable bonds is 4. The largest absolute Gasteiger partial charge is 0.330 e. The average Bonchev–Trinajstić information content (AvgIpc) is 3.31. The maximum absolute atomic E-state index is 13.7. The van der Waals surface area contributed by atoms with Crippen LogP contribution in [0.1, 0.15) is 60.0 Å². The van der Waals surface area contributed by atoms with Crippen LogP contribution in [-0.4, -0.2) is 57.0 Å². The number of nitrogens with zero attached hydrogens (tertiary/aromatic N) is 4. The number of benzene rings is 1. The molecule has 0 N–H and O–H groups in total. The first-order valence-corrected chi connectivity index (χ1v) is 11.3. The van der Waals surface area contributed by atoms with Gasteiger partial charge in [-0.1, -0.05) is 54.6 Å². The zero-order valence-corrected chi connectivity index (χ0v) is 17.7. The van der Waals surface area contributed by atoms with Crippen molar-refractivity contribution in [1.29, 1.82) is 0 Å². The van der Waals surface area contributed by atoms with E-state index in [1.54, 1.807) is 0 Å². The lowest BCUT2D eigenvalue weighted by Gasteiger charge is -2.36. The summed E-state index contributed by atoms with van der Waals surface area (Å²) in [6.45, 7) is 3.18. The van der Waals surface area contributed by atoms with E-state index in [1.165, 1.54) is 36.4 Å². The quantitative estimate of drug-likeness (QED) is 0.786. The van der Waals surface area contributed by atoms with Gasteiger partial charge >= 0.3 is 0 Å². The van der Waals surface area contributed by atoms with E-state index >= 15 is 0 Å². The van der Waals surface area contributed by atoms with Crippen LogP contribution in [0.2, 0.25) is 0 Å². The van der Waals surface area contributed by atoms with Crippen molar-refractivity contribution in [2.75, 3.05) is 13.6 Å². The van der Waals surface area contributed by atoms with Gasteiger partial charge in [0.25, 0.3) is 5.91 Å². The van der Waals surface area contributed by atoms with Gasteiger partial charge in [-0.3, -0.25) is 4.79 Å². The first kappa shape index (κ1) is 19.5. The standard InChI is InChI=1S/C22H30N4OS/c1-3-18-21(28-24-23-18)22(27)26-17(14-16-10-6-4-7-11-16)15-20-19(26)12-8-5-9-13-25(20)2/h4,6-7,10-11,17,19-20H,3,5,8-9,12-15H2,1-2H3/t17-,19-,20+/m1/s1. The molecule has 1 aromatic heterocycles. The number of likely N-dealkylation sites (N-methyl/N-ethyl adjacent to an activating group) is 1. The number of amides is 1. The van der Waals surface area contributed by atoms with Gasteiger partial charge < -0.3 is 9.80 Å². The second-order valence-electron chi connectivity index (χ2n) is 8.16. The topological polar surface area (TPSA) is 49.3 Å². The number of fused-ring (bicyclic) bond motifs is 1. The van der Waals surface area contributed by atoms with E-state index in [2.05, 4.69) is 56.8 Å². The smallest absolute Gasteiger partial charge is 0.268 e. The van der Waals surface area contributed by atoms with Crippen molar-refractivity contribution in [2.45, 2.75) is 70.0 Å². The van der Waals surface area contributed by atoms with E-state index in [-0.39, 0.29) is 11.9 Å². The molecule has 2 saturated heterocycles. The molecule has 0 bridgehead atoms. The second kappa shape index (κ2) is 8.70. The zero-order chi connectivity index (χ0) is 19.5. The van der Waals surface area contributed by atoms with E-state index in [0.29, 0.717) is 12.1 Å². The summed E-state index contributed by atoms with van der Waals surface area (Å²) in [4.78, 5) is 19.1. The lowest BCUT2D eigenvalue weighted by molar-refractivity contribution is 0.0608. The molecule has 3 atom stereocenters. The van der Waals surface area contributed by atoms with Gasteiger partial charge in [-0.2, -0.15) is 0 Å². The summed E-state index contributed by atoms with van der Waals surface area (Å²) in [5, 5.41) is 4.20. The molecule has 2 aliphatic heterocycles. The molecule has 0 unspecified atom stereocenters. The second-order valence-corrected chi connectivity index (χ2v) is 8.91. The number of hydrogen-bond acceptors (Lipinski definition) is 5. The van der Waals surface area contributed by atoms with Gasteiger partial charge in [-0.25, -0.2) is 0 Å². The normalized spacial score (nSPS) is 25.9. The molecule has 0 spiro atoms. The molecule has 150 valence electrons. The van der Waals surface area contributed by atoms with Crippen molar-refractivity contribution in [3.8, 4) is 0 Å². The predicted octanol–water partition coefficient (Wildman–Crippen LogP) is 3.80. The van der Waals surface area contributed by atoms with Crippen LogP contribution in [0.5, 0.6) is 0 Å². The lowest BCUT2D eigenvalue weighted by Crippen LogP contribution is -2.48. The van der Waals surface area contributed by atoms with Crippen LogP contribution in [0.15, 0.2) is 30.3 Å². The monoisotopic (exact) mass is 398 g/mol. The Morgan fingerprint density at radius 3 is 2.79 bits per heavy atom. The van der Waals surface area contributed by atoms with Gasteiger partial charge in [0.15, 0.2) is 0 Å². The van der Waals surface area contributed by atoms with Crippen molar-refractivity contribution in [3.63, 3.8) is 0 Å². The van der Waals surface area contributed by atoms with E-state index in [4.69, 9.17) is 0 Å².